The first-order valence-corrected chi connectivity index (χ1v) is 11.0. The maximum absolute atomic E-state index is 12.5. The van der Waals surface area contributed by atoms with Crippen LogP contribution in [0.3, 0.4) is 0 Å². The van der Waals surface area contributed by atoms with Gasteiger partial charge in [-0.05, 0) is 30.7 Å². The first kappa shape index (κ1) is 18.2. The Bertz CT molecular complexity index is 1220. The van der Waals surface area contributed by atoms with Crippen LogP contribution in [0.2, 0.25) is 0 Å². The number of nitrogens with one attached hydrogen (secondary N) is 1. The molecule has 1 aliphatic heterocycles. The number of anilines is 1. The number of ether oxygens (including phenoxy) is 1. The van der Waals surface area contributed by atoms with E-state index in [1.54, 1.807) is 23.6 Å². The van der Waals surface area contributed by atoms with E-state index in [1.165, 1.54) is 11.3 Å². The summed E-state index contributed by atoms with van der Waals surface area (Å²) in [6, 6.07) is 16.0. The van der Waals surface area contributed by atoms with Gasteiger partial charge < -0.3 is 10.1 Å². The number of fused-ring (bicyclic) bond motifs is 2. The van der Waals surface area contributed by atoms with E-state index in [2.05, 4.69) is 17.4 Å². The fraction of sp³-hybridized carbons (Fsp3) is 0.190. The maximum atomic E-state index is 12.5. The summed E-state index contributed by atoms with van der Waals surface area (Å²) in [5.74, 6) is 1.86. The quantitative estimate of drug-likeness (QED) is 0.524. The minimum absolute atomic E-state index is 0.0291. The van der Waals surface area contributed by atoms with Crippen molar-refractivity contribution in [1.82, 2.24) is 14.8 Å². The number of benzene rings is 2. The Hall–Kier alpha value is -2.84. The molecule has 3 heterocycles. The summed E-state index contributed by atoms with van der Waals surface area (Å²) >= 11 is 3.14. The Morgan fingerprint density at radius 2 is 2.03 bits per heavy atom. The number of thioether (sulfide) groups is 1. The molecule has 1 atom stereocenters. The van der Waals surface area contributed by atoms with Crippen molar-refractivity contribution in [2.75, 3.05) is 18.2 Å². The van der Waals surface area contributed by atoms with E-state index in [1.807, 2.05) is 43.3 Å². The highest BCUT2D eigenvalue weighted by atomic mass is 32.2. The molecule has 29 heavy (non-hydrogen) atoms. The van der Waals surface area contributed by atoms with Crippen LogP contribution in [-0.4, -0.2) is 33.5 Å². The standard InChI is InChI=1S/C21H18N4O2S2/c1-12-18-19(13-6-4-3-5-7-13)28-11-17(26)23-20(18)25(24-12)21-22-15-9-8-14(27-2)10-16(15)29-21/h3-10,19H,11H2,1-2H3,(H,23,26)/t19-/m0/s1. The van der Waals surface area contributed by atoms with Crippen LogP contribution in [0.15, 0.2) is 48.5 Å². The Morgan fingerprint density at radius 3 is 2.83 bits per heavy atom. The number of hydrogen-bond acceptors (Lipinski definition) is 6. The van der Waals surface area contributed by atoms with E-state index in [9.17, 15) is 4.79 Å². The number of carbonyl (C=O) groups excluding carboxylic acids is 1. The Kier molecular flexibility index (Phi) is 4.52. The molecule has 5 rings (SSSR count). The molecular formula is C21H18N4O2S2. The Morgan fingerprint density at radius 1 is 1.21 bits per heavy atom. The second kappa shape index (κ2) is 7.20. The average molecular weight is 423 g/mol. The molecule has 1 amide bonds. The SMILES string of the molecule is COc1ccc2nc(-n3nc(C)c4c3NC(=O)CS[C@H]4c3ccccc3)sc2c1. The highest BCUT2D eigenvalue weighted by Crippen LogP contribution is 2.44. The number of thiazole rings is 1. The first-order chi connectivity index (χ1) is 14.1. The highest BCUT2D eigenvalue weighted by Gasteiger charge is 2.31. The summed E-state index contributed by atoms with van der Waals surface area (Å²) in [6.07, 6.45) is 0. The monoisotopic (exact) mass is 422 g/mol. The molecule has 0 radical (unpaired) electrons. The number of rotatable bonds is 3. The number of aryl methyl sites for hydroxylation is 1. The molecule has 0 spiro atoms. The lowest BCUT2D eigenvalue weighted by molar-refractivity contribution is -0.113. The second-order valence-corrected chi connectivity index (χ2v) is 8.84. The van der Waals surface area contributed by atoms with Crippen molar-refractivity contribution in [1.29, 1.82) is 0 Å². The van der Waals surface area contributed by atoms with Crippen molar-refractivity contribution in [3.63, 3.8) is 0 Å². The Balaban J connectivity index is 1.67. The lowest BCUT2D eigenvalue weighted by Gasteiger charge is -2.15. The van der Waals surface area contributed by atoms with Gasteiger partial charge in [0.1, 0.15) is 11.6 Å². The van der Waals surface area contributed by atoms with Gasteiger partial charge in [-0.1, -0.05) is 41.7 Å². The molecule has 1 N–H and O–H groups in total. The minimum Gasteiger partial charge on any atom is -0.497 e. The highest BCUT2D eigenvalue weighted by molar-refractivity contribution is 8.00. The molecule has 2 aromatic carbocycles. The van der Waals surface area contributed by atoms with Crippen LogP contribution in [0.5, 0.6) is 5.75 Å². The fourth-order valence-electron chi connectivity index (χ4n) is 3.52. The Labute approximate surface area is 175 Å². The summed E-state index contributed by atoms with van der Waals surface area (Å²) < 4.78 is 8.10. The first-order valence-electron chi connectivity index (χ1n) is 9.15. The molecule has 2 aromatic heterocycles. The summed E-state index contributed by atoms with van der Waals surface area (Å²) in [5.41, 5.74) is 3.96. The van der Waals surface area contributed by atoms with Crippen molar-refractivity contribution in [2.24, 2.45) is 0 Å². The number of amides is 1. The van der Waals surface area contributed by atoms with Crippen molar-refractivity contribution < 1.29 is 9.53 Å². The second-order valence-electron chi connectivity index (χ2n) is 6.74. The fourth-order valence-corrected chi connectivity index (χ4v) is 5.66. The molecule has 8 heteroatoms. The smallest absolute Gasteiger partial charge is 0.235 e. The van der Waals surface area contributed by atoms with Gasteiger partial charge in [0.25, 0.3) is 0 Å². The predicted molar refractivity (Wildman–Crippen MR) is 117 cm³/mol. The van der Waals surface area contributed by atoms with Crippen molar-refractivity contribution in [3.05, 3.63) is 65.4 Å². The third kappa shape index (κ3) is 3.18. The van der Waals surface area contributed by atoms with Crippen LogP contribution >= 0.6 is 23.1 Å². The zero-order valence-electron chi connectivity index (χ0n) is 15.9. The van der Waals surface area contributed by atoms with E-state index in [4.69, 9.17) is 14.8 Å². The van der Waals surface area contributed by atoms with Crippen molar-refractivity contribution >= 4 is 45.0 Å². The van der Waals surface area contributed by atoms with Crippen LogP contribution in [0, 0.1) is 6.92 Å². The molecule has 1 aliphatic rings. The summed E-state index contributed by atoms with van der Waals surface area (Å²) in [6.45, 7) is 1.99. The summed E-state index contributed by atoms with van der Waals surface area (Å²) in [4.78, 5) is 17.2. The van der Waals surface area contributed by atoms with Gasteiger partial charge >= 0.3 is 0 Å². The number of methoxy groups -OCH3 is 1. The molecule has 0 bridgehead atoms. The normalized spacial score (nSPS) is 16.3. The topological polar surface area (TPSA) is 69.0 Å². The third-order valence-corrected chi connectivity index (χ3v) is 7.14. The van der Waals surface area contributed by atoms with Crippen LogP contribution < -0.4 is 10.1 Å². The van der Waals surface area contributed by atoms with Gasteiger partial charge in [-0.3, -0.25) is 4.79 Å². The maximum Gasteiger partial charge on any atom is 0.235 e. The molecule has 4 aromatic rings. The zero-order chi connectivity index (χ0) is 20.0. The van der Waals surface area contributed by atoms with Gasteiger partial charge in [0.15, 0.2) is 0 Å². The van der Waals surface area contributed by atoms with Gasteiger partial charge in [-0.25, -0.2) is 4.98 Å². The van der Waals surface area contributed by atoms with Gasteiger partial charge in [0, 0.05) is 5.56 Å². The molecule has 146 valence electrons. The molecule has 0 saturated carbocycles. The van der Waals surface area contributed by atoms with E-state index in [-0.39, 0.29) is 11.2 Å². The molecule has 0 aliphatic carbocycles. The van der Waals surface area contributed by atoms with E-state index < -0.39 is 0 Å². The van der Waals surface area contributed by atoms with Gasteiger partial charge in [-0.2, -0.15) is 9.78 Å². The molecule has 0 unspecified atom stereocenters. The van der Waals surface area contributed by atoms with Crippen LogP contribution in [-0.2, 0) is 4.79 Å². The lowest BCUT2D eigenvalue weighted by Crippen LogP contribution is -2.15. The summed E-state index contributed by atoms with van der Waals surface area (Å²) in [5, 5.41) is 8.57. The number of nitrogens with zero attached hydrogens (tertiary/aromatic N) is 3. The third-order valence-electron chi connectivity index (χ3n) is 4.88. The van der Waals surface area contributed by atoms with E-state index in [0.717, 1.165) is 37.9 Å². The molecule has 0 fully saturated rings. The molecular weight excluding hydrogens is 404 g/mol. The predicted octanol–water partition coefficient (Wildman–Crippen LogP) is 4.57. The largest absolute Gasteiger partial charge is 0.497 e. The number of carbonyl (C=O) groups is 1. The van der Waals surface area contributed by atoms with Gasteiger partial charge in [0.2, 0.25) is 11.0 Å². The minimum atomic E-state index is -0.0291. The lowest BCUT2D eigenvalue weighted by atomic mass is 10.0. The summed E-state index contributed by atoms with van der Waals surface area (Å²) in [7, 11) is 1.65. The van der Waals surface area contributed by atoms with Crippen LogP contribution in [0.4, 0.5) is 5.82 Å². The van der Waals surface area contributed by atoms with Gasteiger partial charge in [0.05, 0.1) is 34.0 Å². The number of aromatic nitrogens is 3. The van der Waals surface area contributed by atoms with Crippen molar-refractivity contribution in [2.45, 2.75) is 12.2 Å². The molecule has 6 nitrogen and oxygen atoms in total. The average Bonchev–Trinajstić information content (AvgIpc) is 3.24. The van der Waals surface area contributed by atoms with E-state index in [0.29, 0.717) is 11.6 Å². The van der Waals surface area contributed by atoms with Crippen molar-refractivity contribution in [3.8, 4) is 10.9 Å². The zero-order valence-corrected chi connectivity index (χ0v) is 17.5. The van der Waals surface area contributed by atoms with Crippen LogP contribution in [0.25, 0.3) is 15.3 Å². The van der Waals surface area contributed by atoms with Gasteiger partial charge in [-0.15, -0.1) is 11.8 Å². The number of hydrogen-bond donors (Lipinski definition) is 1. The van der Waals surface area contributed by atoms with E-state index >= 15 is 0 Å². The van der Waals surface area contributed by atoms with Crippen LogP contribution in [0.1, 0.15) is 22.1 Å². The molecule has 0 saturated heterocycles.